The molecule has 252 valence electrons. The highest BCUT2D eigenvalue weighted by atomic mass is 19.4. The van der Waals surface area contributed by atoms with Gasteiger partial charge in [0.25, 0.3) is 0 Å². The van der Waals surface area contributed by atoms with E-state index in [1.165, 1.54) is 32.6 Å². The third kappa shape index (κ3) is 10.5. The molecular formula is C32H37F10NO2. The van der Waals surface area contributed by atoms with Crippen molar-refractivity contribution in [1.82, 2.24) is 5.32 Å². The van der Waals surface area contributed by atoms with Crippen molar-refractivity contribution in [3.63, 3.8) is 0 Å². The van der Waals surface area contributed by atoms with Crippen LogP contribution in [0.2, 0.25) is 0 Å². The molecule has 0 saturated heterocycles. The monoisotopic (exact) mass is 657 g/mol. The van der Waals surface area contributed by atoms with E-state index in [9.17, 15) is 49.0 Å². The predicted molar refractivity (Wildman–Crippen MR) is 152 cm³/mol. The molecule has 2 aromatic rings. The van der Waals surface area contributed by atoms with E-state index < -0.39 is 72.0 Å². The summed E-state index contributed by atoms with van der Waals surface area (Å²) in [4.78, 5) is 0. The molecule has 0 fully saturated rings. The number of ether oxygens (including phenoxy) is 1. The van der Waals surface area contributed by atoms with Crippen molar-refractivity contribution in [3.05, 3.63) is 76.1 Å². The maximum atomic E-state index is 14.4. The third-order valence-corrected chi connectivity index (χ3v) is 7.13. The van der Waals surface area contributed by atoms with Gasteiger partial charge < -0.3 is 15.2 Å². The first kappa shape index (κ1) is 38.1. The Balaban J connectivity index is 0.00000226. The standard InChI is InChI=1S/C29H29F10NO2.C3H8/c1-4-17-11-23(26(42-3)13-24(17)30)22-6-5-19(27(31,32)33)10-18(22)14-40-15(2)25(41)9-16-7-20(28(34,35)36)12-21(8-16)29(37,38)39;1-3-2/h5-7,10-13,15-16,25,40-41H,4,8-9,14H2,1-3H3;3H2,1-2H3/t15?,16-,25?;/m0./s1. The van der Waals surface area contributed by atoms with Crippen LogP contribution in [-0.2, 0) is 19.1 Å². The normalized spacial score (nSPS) is 17.1. The van der Waals surface area contributed by atoms with Gasteiger partial charge in [0, 0.05) is 29.8 Å². The molecule has 1 aliphatic rings. The van der Waals surface area contributed by atoms with Crippen LogP contribution in [0.25, 0.3) is 11.1 Å². The van der Waals surface area contributed by atoms with Crippen molar-refractivity contribution in [3.8, 4) is 16.9 Å². The van der Waals surface area contributed by atoms with Crippen molar-refractivity contribution in [2.75, 3.05) is 7.11 Å². The highest BCUT2D eigenvalue weighted by Gasteiger charge is 2.42. The number of benzene rings is 2. The number of hydrogen-bond donors (Lipinski definition) is 2. The maximum Gasteiger partial charge on any atom is 0.416 e. The first-order valence-electron chi connectivity index (χ1n) is 14.3. The molecular weight excluding hydrogens is 620 g/mol. The molecule has 0 aliphatic heterocycles. The first-order chi connectivity index (χ1) is 20.8. The summed E-state index contributed by atoms with van der Waals surface area (Å²) in [5, 5.41) is 13.5. The zero-order chi connectivity index (χ0) is 34.3. The third-order valence-electron chi connectivity index (χ3n) is 7.13. The van der Waals surface area contributed by atoms with Gasteiger partial charge in [-0.2, -0.15) is 39.5 Å². The van der Waals surface area contributed by atoms with Crippen molar-refractivity contribution in [2.24, 2.45) is 5.92 Å². The summed E-state index contributed by atoms with van der Waals surface area (Å²) in [6.45, 7) is 7.07. The second kappa shape index (κ2) is 15.5. The van der Waals surface area contributed by atoms with Gasteiger partial charge in [-0.3, -0.25) is 0 Å². The van der Waals surface area contributed by atoms with E-state index in [0.717, 1.165) is 18.2 Å². The van der Waals surface area contributed by atoms with E-state index in [4.69, 9.17) is 4.74 Å². The van der Waals surface area contributed by atoms with Gasteiger partial charge in [-0.25, -0.2) is 4.39 Å². The first-order valence-corrected chi connectivity index (χ1v) is 14.3. The Hall–Kier alpha value is -3.06. The van der Waals surface area contributed by atoms with Gasteiger partial charge in [-0.05, 0) is 73.1 Å². The number of aryl methyl sites for hydroxylation is 1. The second-order valence-corrected chi connectivity index (χ2v) is 10.8. The zero-order valence-corrected chi connectivity index (χ0v) is 25.4. The fraction of sp³-hybridized carbons (Fsp3) is 0.500. The molecule has 45 heavy (non-hydrogen) atoms. The van der Waals surface area contributed by atoms with Crippen LogP contribution in [0, 0.1) is 11.7 Å². The van der Waals surface area contributed by atoms with Gasteiger partial charge in [0.05, 0.1) is 24.4 Å². The molecule has 2 aromatic carbocycles. The fourth-order valence-corrected chi connectivity index (χ4v) is 4.77. The van der Waals surface area contributed by atoms with E-state index >= 15 is 0 Å². The lowest BCUT2D eigenvalue weighted by Gasteiger charge is -2.28. The van der Waals surface area contributed by atoms with Crippen LogP contribution in [0.3, 0.4) is 0 Å². The summed E-state index contributed by atoms with van der Waals surface area (Å²) >= 11 is 0. The summed E-state index contributed by atoms with van der Waals surface area (Å²) in [5.41, 5.74) is -2.85. The minimum atomic E-state index is -5.02. The molecule has 2 N–H and O–H groups in total. The Bertz CT molecular complexity index is 1340. The molecule has 0 amide bonds. The number of aliphatic hydroxyl groups is 1. The Morgan fingerprint density at radius 2 is 1.51 bits per heavy atom. The number of nitrogens with one attached hydrogen (secondary N) is 1. The van der Waals surface area contributed by atoms with Gasteiger partial charge in [0.2, 0.25) is 0 Å². The lowest BCUT2D eigenvalue weighted by Crippen LogP contribution is -2.38. The number of aliphatic hydroxyl groups excluding tert-OH is 1. The summed E-state index contributed by atoms with van der Waals surface area (Å²) in [5.74, 6) is -1.78. The Labute approximate surface area is 256 Å². The highest BCUT2D eigenvalue weighted by molar-refractivity contribution is 5.74. The number of rotatable bonds is 9. The van der Waals surface area contributed by atoms with E-state index in [1.54, 1.807) is 6.92 Å². The Morgan fingerprint density at radius 1 is 0.889 bits per heavy atom. The van der Waals surface area contributed by atoms with E-state index in [0.29, 0.717) is 17.2 Å². The summed E-state index contributed by atoms with van der Waals surface area (Å²) < 4.78 is 140. The van der Waals surface area contributed by atoms with Crippen LogP contribution >= 0.6 is 0 Å². The van der Waals surface area contributed by atoms with E-state index in [2.05, 4.69) is 19.2 Å². The number of hydrogen-bond acceptors (Lipinski definition) is 3. The van der Waals surface area contributed by atoms with Crippen molar-refractivity contribution in [1.29, 1.82) is 0 Å². The molecule has 0 radical (unpaired) electrons. The average molecular weight is 658 g/mol. The average Bonchev–Trinajstić information content (AvgIpc) is 2.94. The molecule has 13 heteroatoms. The molecule has 0 bridgehead atoms. The molecule has 0 heterocycles. The van der Waals surface area contributed by atoms with Gasteiger partial charge >= 0.3 is 18.5 Å². The van der Waals surface area contributed by atoms with Crippen LogP contribution in [0.1, 0.15) is 63.6 Å². The van der Waals surface area contributed by atoms with E-state index in [1.807, 2.05) is 0 Å². The molecule has 3 atom stereocenters. The van der Waals surface area contributed by atoms with E-state index in [-0.39, 0.29) is 35.9 Å². The largest absolute Gasteiger partial charge is 0.496 e. The Kier molecular flexibility index (Phi) is 13.1. The number of halogens is 10. The van der Waals surface area contributed by atoms with Gasteiger partial charge in [-0.15, -0.1) is 0 Å². The summed E-state index contributed by atoms with van der Waals surface area (Å²) in [7, 11) is 1.27. The topological polar surface area (TPSA) is 41.5 Å². The van der Waals surface area contributed by atoms with Gasteiger partial charge in [-0.1, -0.05) is 39.3 Å². The number of allylic oxidation sites excluding steroid dienone is 4. The van der Waals surface area contributed by atoms with Crippen LogP contribution in [-0.4, -0.2) is 36.7 Å². The second-order valence-electron chi connectivity index (χ2n) is 10.8. The lowest BCUT2D eigenvalue weighted by atomic mass is 9.85. The molecule has 0 saturated carbocycles. The summed E-state index contributed by atoms with van der Waals surface area (Å²) in [6.07, 6.45) is -15.2. The zero-order valence-electron chi connectivity index (χ0n) is 25.4. The van der Waals surface area contributed by atoms with Crippen LogP contribution in [0.4, 0.5) is 43.9 Å². The number of methoxy groups -OCH3 is 1. The molecule has 0 spiro atoms. The molecule has 1 aliphatic carbocycles. The summed E-state index contributed by atoms with van der Waals surface area (Å²) in [6, 6.07) is 4.55. The minimum Gasteiger partial charge on any atom is -0.496 e. The molecule has 0 aromatic heterocycles. The predicted octanol–water partition coefficient (Wildman–Crippen LogP) is 9.73. The van der Waals surface area contributed by atoms with Gasteiger partial charge in [0.1, 0.15) is 11.6 Å². The quantitative estimate of drug-likeness (QED) is 0.264. The van der Waals surface area contributed by atoms with Crippen LogP contribution < -0.4 is 10.1 Å². The molecule has 3 nitrogen and oxygen atoms in total. The van der Waals surface area contributed by atoms with Gasteiger partial charge in [0.15, 0.2) is 0 Å². The molecule has 2 unspecified atom stereocenters. The van der Waals surface area contributed by atoms with Crippen molar-refractivity contribution >= 4 is 0 Å². The minimum absolute atomic E-state index is 0.0490. The fourth-order valence-electron chi connectivity index (χ4n) is 4.77. The Morgan fingerprint density at radius 3 is 2.02 bits per heavy atom. The smallest absolute Gasteiger partial charge is 0.416 e. The number of alkyl halides is 9. The molecule has 3 rings (SSSR count). The van der Waals surface area contributed by atoms with Crippen molar-refractivity contribution < 1.29 is 53.7 Å². The van der Waals surface area contributed by atoms with Crippen LogP contribution in [0.15, 0.2) is 53.6 Å². The SMILES string of the molecule is CCC.CCc1cc(-c2ccc(C(F)(F)F)cc2CNC(C)C(O)C[C@H]2C=C(C(F)(F)F)C=C(C(F)(F)F)C2)c(OC)cc1F. The maximum absolute atomic E-state index is 14.4. The lowest BCUT2D eigenvalue weighted by molar-refractivity contribution is -0.137. The highest BCUT2D eigenvalue weighted by Crippen LogP contribution is 2.42. The van der Waals surface area contributed by atoms with Crippen molar-refractivity contribution in [2.45, 2.75) is 90.6 Å². The van der Waals surface area contributed by atoms with Crippen LogP contribution in [0.5, 0.6) is 5.75 Å².